The van der Waals surface area contributed by atoms with Crippen molar-refractivity contribution in [1.29, 1.82) is 0 Å². The Labute approximate surface area is 125 Å². The fourth-order valence-corrected chi connectivity index (χ4v) is 2.43. The molecule has 1 aromatic heterocycles. The number of carbonyl (C=O) groups excluding carboxylic acids is 1. The normalized spacial score (nSPS) is 10.6. The van der Waals surface area contributed by atoms with Crippen molar-refractivity contribution in [3.63, 3.8) is 0 Å². The molecule has 2 rings (SSSR count). The summed E-state index contributed by atoms with van der Waals surface area (Å²) < 4.78 is 0. The first kappa shape index (κ1) is 15.1. The molecule has 0 aliphatic carbocycles. The molecule has 3 N–H and O–H groups in total. The summed E-state index contributed by atoms with van der Waals surface area (Å²) in [4.78, 5) is 18.1. The number of fused-ring (bicyclic) bond motifs is 1. The van der Waals surface area contributed by atoms with Crippen LogP contribution in [-0.4, -0.2) is 31.0 Å². The van der Waals surface area contributed by atoms with Crippen LogP contribution in [0.1, 0.15) is 19.0 Å². The largest absolute Gasteiger partial charge is 0.398 e. The number of nitrogen functional groups attached to an aromatic ring is 1. The van der Waals surface area contributed by atoms with E-state index in [0.29, 0.717) is 12.2 Å². The Bertz CT molecular complexity index is 654. The second-order valence-electron chi connectivity index (χ2n) is 5.14. The molecular weight excluding hydrogens is 264 g/mol. The number of carbonyl (C=O) groups is 1. The maximum absolute atomic E-state index is 11.8. The smallest absolute Gasteiger partial charge is 0.239 e. The van der Waals surface area contributed by atoms with Crippen molar-refractivity contribution in [2.75, 3.05) is 30.8 Å². The van der Waals surface area contributed by atoms with Crippen molar-refractivity contribution in [3.05, 3.63) is 30.1 Å². The van der Waals surface area contributed by atoms with Crippen molar-refractivity contribution < 1.29 is 4.79 Å². The van der Waals surface area contributed by atoms with Crippen molar-refractivity contribution in [3.8, 4) is 0 Å². The van der Waals surface area contributed by atoms with Gasteiger partial charge < -0.3 is 16.0 Å². The monoisotopic (exact) mass is 286 g/mol. The predicted molar refractivity (Wildman–Crippen MR) is 87.5 cm³/mol. The molecule has 0 fully saturated rings. The molecule has 21 heavy (non-hydrogen) atoms. The highest BCUT2D eigenvalue weighted by atomic mass is 16.1. The average Bonchev–Trinajstić information content (AvgIpc) is 2.47. The summed E-state index contributed by atoms with van der Waals surface area (Å²) in [5.41, 5.74) is 8.70. The van der Waals surface area contributed by atoms with Gasteiger partial charge in [0.15, 0.2) is 0 Å². The first-order valence-corrected chi connectivity index (χ1v) is 7.17. The lowest BCUT2D eigenvalue weighted by atomic mass is 10.1. The topological polar surface area (TPSA) is 71.2 Å². The Hall–Kier alpha value is -2.30. The van der Waals surface area contributed by atoms with Crippen LogP contribution in [0.5, 0.6) is 0 Å². The molecule has 0 atom stereocenters. The molecular formula is C16H22N4O. The fourth-order valence-electron chi connectivity index (χ4n) is 2.43. The number of aryl methyl sites for hydroxylation is 1. The molecule has 1 heterocycles. The van der Waals surface area contributed by atoms with Gasteiger partial charge in [-0.15, -0.1) is 0 Å². The minimum Gasteiger partial charge on any atom is -0.398 e. The number of rotatable bonds is 5. The molecule has 1 amide bonds. The van der Waals surface area contributed by atoms with Crippen LogP contribution in [0.3, 0.4) is 0 Å². The second kappa shape index (κ2) is 6.43. The van der Waals surface area contributed by atoms with E-state index in [-0.39, 0.29) is 5.91 Å². The van der Waals surface area contributed by atoms with Crippen molar-refractivity contribution in [2.45, 2.75) is 20.3 Å². The zero-order valence-corrected chi connectivity index (χ0v) is 12.8. The van der Waals surface area contributed by atoms with Gasteiger partial charge in [0, 0.05) is 47.6 Å². The lowest BCUT2D eigenvalue weighted by molar-refractivity contribution is -0.119. The van der Waals surface area contributed by atoms with E-state index in [9.17, 15) is 4.79 Å². The molecule has 0 saturated carbocycles. The minimum atomic E-state index is -0.000738. The molecule has 0 aliphatic rings. The van der Waals surface area contributed by atoms with E-state index in [4.69, 9.17) is 5.73 Å². The molecule has 0 spiro atoms. The molecule has 5 heteroatoms. The van der Waals surface area contributed by atoms with Crippen molar-refractivity contribution in [2.24, 2.45) is 0 Å². The molecule has 0 saturated heterocycles. The van der Waals surface area contributed by atoms with Crippen LogP contribution in [0.2, 0.25) is 0 Å². The summed E-state index contributed by atoms with van der Waals surface area (Å²) in [5.74, 6) is -0.000738. The molecule has 0 unspecified atom stereocenters. The van der Waals surface area contributed by atoms with Gasteiger partial charge in [0.2, 0.25) is 5.91 Å². The number of hydrogen-bond donors (Lipinski definition) is 2. The van der Waals surface area contributed by atoms with Gasteiger partial charge in [0.1, 0.15) is 0 Å². The molecule has 0 radical (unpaired) electrons. The molecule has 1 aromatic carbocycles. The number of anilines is 2. The van der Waals surface area contributed by atoms with Gasteiger partial charge in [-0.2, -0.15) is 0 Å². The average molecular weight is 286 g/mol. The van der Waals surface area contributed by atoms with Gasteiger partial charge in [-0.25, -0.2) is 0 Å². The zero-order chi connectivity index (χ0) is 15.4. The van der Waals surface area contributed by atoms with E-state index in [1.165, 1.54) is 0 Å². The Morgan fingerprint density at radius 2 is 2.14 bits per heavy atom. The van der Waals surface area contributed by atoms with Gasteiger partial charge in [0.05, 0.1) is 6.54 Å². The van der Waals surface area contributed by atoms with E-state index in [2.05, 4.69) is 22.1 Å². The quantitative estimate of drug-likeness (QED) is 0.826. The number of pyridine rings is 1. The number of nitrogens with one attached hydrogen (secondary N) is 1. The van der Waals surface area contributed by atoms with E-state index in [0.717, 1.165) is 35.1 Å². The summed E-state index contributed by atoms with van der Waals surface area (Å²) in [6, 6.07) is 5.88. The van der Waals surface area contributed by atoms with Crippen LogP contribution in [0.25, 0.3) is 10.8 Å². The Kier molecular flexibility index (Phi) is 4.62. The number of benzene rings is 1. The third-order valence-electron chi connectivity index (χ3n) is 3.50. The summed E-state index contributed by atoms with van der Waals surface area (Å²) >= 11 is 0. The van der Waals surface area contributed by atoms with Crippen LogP contribution in [0.4, 0.5) is 11.4 Å². The van der Waals surface area contributed by atoms with E-state index < -0.39 is 0 Å². The van der Waals surface area contributed by atoms with Crippen LogP contribution < -0.4 is 16.0 Å². The summed E-state index contributed by atoms with van der Waals surface area (Å²) in [5, 5.41) is 4.65. The third-order valence-corrected chi connectivity index (χ3v) is 3.50. The number of nitrogens with two attached hydrogens (primary N) is 1. The molecule has 5 nitrogen and oxygen atoms in total. The zero-order valence-electron chi connectivity index (χ0n) is 12.8. The number of hydrogen-bond acceptors (Lipinski definition) is 4. The van der Waals surface area contributed by atoms with Crippen LogP contribution in [0.15, 0.2) is 24.4 Å². The van der Waals surface area contributed by atoms with Crippen LogP contribution in [0, 0.1) is 6.92 Å². The highest BCUT2D eigenvalue weighted by molar-refractivity contribution is 6.01. The first-order valence-electron chi connectivity index (χ1n) is 7.17. The summed E-state index contributed by atoms with van der Waals surface area (Å²) in [7, 11) is 1.65. The van der Waals surface area contributed by atoms with E-state index >= 15 is 0 Å². The molecule has 0 bridgehead atoms. The van der Waals surface area contributed by atoms with Gasteiger partial charge in [-0.1, -0.05) is 6.92 Å². The highest BCUT2D eigenvalue weighted by Crippen LogP contribution is 2.31. The van der Waals surface area contributed by atoms with Gasteiger partial charge in [-0.05, 0) is 31.5 Å². The summed E-state index contributed by atoms with van der Waals surface area (Å²) in [6.07, 6.45) is 2.76. The second-order valence-corrected chi connectivity index (χ2v) is 5.14. The maximum Gasteiger partial charge on any atom is 0.239 e. The Balaban J connectivity index is 2.53. The Morgan fingerprint density at radius 3 is 2.81 bits per heavy atom. The SMILES string of the molecule is CCCN(CC(=O)NC)c1ccc(N)c2cnc(C)cc12. The third kappa shape index (κ3) is 3.24. The predicted octanol–water partition coefficient (Wildman–Crippen LogP) is 2.09. The standard InChI is InChI=1S/C16H22N4O/c1-4-7-20(10-16(21)18-3)15-6-5-14(17)13-9-19-11(2)8-12(13)15/h5-6,8-9H,4,7,10,17H2,1-3H3,(H,18,21). The minimum absolute atomic E-state index is 0.000738. The number of aromatic nitrogens is 1. The number of amides is 1. The molecule has 112 valence electrons. The van der Waals surface area contributed by atoms with Crippen LogP contribution in [-0.2, 0) is 4.79 Å². The van der Waals surface area contributed by atoms with Gasteiger partial charge >= 0.3 is 0 Å². The lowest BCUT2D eigenvalue weighted by Crippen LogP contribution is -2.36. The van der Waals surface area contributed by atoms with E-state index in [1.54, 1.807) is 13.2 Å². The lowest BCUT2D eigenvalue weighted by Gasteiger charge is -2.25. The fraction of sp³-hybridized carbons (Fsp3) is 0.375. The molecule has 0 aliphatic heterocycles. The Morgan fingerprint density at radius 1 is 1.38 bits per heavy atom. The van der Waals surface area contributed by atoms with Gasteiger partial charge in [-0.3, -0.25) is 9.78 Å². The van der Waals surface area contributed by atoms with Gasteiger partial charge in [0.25, 0.3) is 0 Å². The summed E-state index contributed by atoms with van der Waals surface area (Å²) in [6.45, 7) is 5.21. The highest BCUT2D eigenvalue weighted by Gasteiger charge is 2.14. The van der Waals surface area contributed by atoms with Crippen molar-refractivity contribution >= 4 is 28.1 Å². The first-order chi connectivity index (χ1) is 10.1. The molecule has 2 aromatic rings. The van der Waals surface area contributed by atoms with Crippen LogP contribution >= 0.6 is 0 Å². The number of likely N-dealkylation sites (N-methyl/N-ethyl adjacent to an activating group) is 1. The van der Waals surface area contributed by atoms with E-state index in [1.807, 2.05) is 25.1 Å². The van der Waals surface area contributed by atoms with Crippen molar-refractivity contribution in [1.82, 2.24) is 10.3 Å². The number of nitrogens with zero attached hydrogens (tertiary/aromatic N) is 2. The maximum atomic E-state index is 11.8.